The summed E-state index contributed by atoms with van der Waals surface area (Å²) in [7, 11) is 0. The summed E-state index contributed by atoms with van der Waals surface area (Å²) in [5.74, 6) is 0.656. The van der Waals surface area contributed by atoms with E-state index in [2.05, 4.69) is 18.7 Å². The molecule has 1 atom stereocenters. The van der Waals surface area contributed by atoms with Gasteiger partial charge in [0, 0.05) is 37.3 Å². The van der Waals surface area contributed by atoms with Gasteiger partial charge in [0.25, 0.3) is 5.69 Å². The molecule has 5 nitrogen and oxygen atoms in total. The van der Waals surface area contributed by atoms with Gasteiger partial charge < -0.3 is 5.73 Å². The minimum absolute atomic E-state index is 0.158. The molecule has 0 aromatic heterocycles. The van der Waals surface area contributed by atoms with Gasteiger partial charge in [-0.05, 0) is 37.2 Å². The molecule has 0 heterocycles. The lowest BCUT2D eigenvalue weighted by Crippen LogP contribution is -2.42. The second-order valence-corrected chi connectivity index (χ2v) is 6.94. The first-order chi connectivity index (χ1) is 11.0. The Morgan fingerprint density at radius 2 is 1.87 bits per heavy atom. The van der Waals surface area contributed by atoms with E-state index in [0.29, 0.717) is 18.0 Å². The molecular formula is C18H29N3O2. The quantitative estimate of drug-likeness (QED) is 0.614. The third kappa shape index (κ3) is 5.29. The zero-order valence-electron chi connectivity index (χ0n) is 14.3. The summed E-state index contributed by atoms with van der Waals surface area (Å²) in [6.45, 7) is 6.46. The van der Waals surface area contributed by atoms with Gasteiger partial charge in [0.15, 0.2) is 0 Å². The van der Waals surface area contributed by atoms with E-state index in [4.69, 9.17) is 5.73 Å². The van der Waals surface area contributed by atoms with Crippen LogP contribution in [0.2, 0.25) is 0 Å². The molecule has 128 valence electrons. The van der Waals surface area contributed by atoms with Crippen LogP contribution < -0.4 is 5.73 Å². The largest absolute Gasteiger partial charge is 0.328 e. The zero-order valence-corrected chi connectivity index (χ0v) is 14.3. The van der Waals surface area contributed by atoms with Gasteiger partial charge in [0.05, 0.1) is 4.92 Å². The molecule has 1 aromatic carbocycles. The van der Waals surface area contributed by atoms with E-state index in [1.165, 1.54) is 6.42 Å². The van der Waals surface area contributed by atoms with Crippen molar-refractivity contribution in [1.82, 2.24) is 4.90 Å². The van der Waals surface area contributed by atoms with Crippen molar-refractivity contribution in [3.63, 3.8) is 0 Å². The number of hydrogen-bond acceptors (Lipinski definition) is 4. The van der Waals surface area contributed by atoms with Gasteiger partial charge in [-0.1, -0.05) is 32.4 Å². The van der Waals surface area contributed by atoms with Crippen LogP contribution in [0.3, 0.4) is 0 Å². The Bertz CT molecular complexity index is 495. The maximum atomic E-state index is 10.8. The third-order valence-electron chi connectivity index (χ3n) is 5.03. The Morgan fingerprint density at radius 3 is 2.39 bits per heavy atom. The summed E-state index contributed by atoms with van der Waals surface area (Å²) >= 11 is 0. The normalized spacial score (nSPS) is 23.0. The predicted octanol–water partition coefficient (Wildman–Crippen LogP) is 3.71. The van der Waals surface area contributed by atoms with Gasteiger partial charge >= 0.3 is 0 Å². The van der Waals surface area contributed by atoms with Gasteiger partial charge in [0.2, 0.25) is 0 Å². The highest BCUT2D eigenvalue weighted by molar-refractivity contribution is 5.32. The molecule has 1 aromatic rings. The van der Waals surface area contributed by atoms with Crippen LogP contribution in [-0.2, 0) is 6.54 Å². The van der Waals surface area contributed by atoms with E-state index in [1.807, 2.05) is 12.1 Å². The molecule has 2 N–H and O–H groups in total. The molecule has 1 aliphatic rings. The minimum atomic E-state index is -0.344. The smallest absolute Gasteiger partial charge is 0.269 e. The van der Waals surface area contributed by atoms with Crippen LogP contribution in [-0.4, -0.2) is 28.5 Å². The highest BCUT2D eigenvalue weighted by atomic mass is 16.6. The maximum absolute atomic E-state index is 10.8. The molecule has 0 bridgehead atoms. The van der Waals surface area contributed by atoms with Crippen molar-refractivity contribution in [3.8, 4) is 0 Å². The number of nitro benzene ring substituents is 1. The number of hydrogen-bond donors (Lipinski definition) is 1. The third-order valence-corrected chi connectivity index (χ3v) is 5.03. The standard InChI is InChI=1S/C18H29N3O2/c1-3-14(2)12-20(17-10-6-16(19)7-11-17)13-15-4-8-18(9-5-15)21(22)23/h4-5,8-9,14,16-17H,3,6-7,10-13,19H2,1-2H3. The van der Waals surface area contributed by atoms with Gasteiger partial charge in [0.1, 0.15) is 0 Å². The monoisotopic (exact) mass is 319 g/mol. The maximum Gasteiger partial charge on any atom is 0.269 e. The first-order valence-electron chi connectivity index (χ1n) is 8.72. The molecule has 23 heavy (non-hydrogen) atoms. The average molecular weight is 319 g/mol. The molecule has 1 fully saturated rings. The summed E-state index contributed by atoms with van der Waals surface area (Å²) < 4.78 is 0. The highest BCUT2D eigenvalue weighted by Crippen LogP contribution is 2.25. The Labute approximate surface area is 139 Å². The predicted molar refractivity (Wildman–Crippen MR) is 93.2 cm³/mol. The van der Waals surface area contributed by atoms with E-state index < -0.39 is 0 Å². The molecule has 1 saturated carbocycles. The molecule has 1 aliphatic carbocycles. The molecule has 2 rings (SSSR count). The fourth-order valence-corrected chi connectivity index (χ4v) is 3.30. The summed E-state index contributed by atoms with van der Waals surface area (Å²) in [4.78, 5) is 13.0. The fourth-order valence-electron chi connectivity index (χ4n) is 3.30. The van der Waals surface area contributed by atoms with Crippen LogP contribution in [0.25, 0.3) is 0 Å². The van der Waals surface area contributed by atoms with Crippen LogP contribution in [0.1, 0.15) is 51.5 Å². The Morgan fingerprint density at radius 1 is 1.26 bits per heavy atom. The number of benzene rings is 1. The Kier molecular flexibility index (Phi) is 6.54. The van der Waals surface area contributed by atoms with Crippen molar-refractivity contribution in [3.05, 3.63) is 39.9 Å². The topological polar surface area (TPSA) is 72.4 Å². The van der Waals surface area contributed by atoms with Gasteiger partial charge in [-0.2, -0.15) is 0 Å². The summed E-state index contributed by atoms with van der Waals surface area (Å²) in [6, 6.07) is 7.92. The van der Waals surface area contributed by atoms with Crippen molar-refractivity contribution in [2.75, 3.05) is 6.54 Å². The van der Waals surface area contributed by atoms with Crippen molar-refractivity contribution >= 4 is 5.69 Å². The lowest BCUT2D eigenvalue weighted by Gasteiger charge is -2.37. The first-order valence-corrected chi connectivity index (χ1v) is 8.72. The van der Waals surface area contributed by atoms with E-state index >= 15 is 0 Å². The average Bonchev–Trinajstić information content (AvgIpc) is 2.55. The van der Waals surface area contributed by atoms with Crippen LogP contribution in [0.15, 0.2) is 24.3 Å². The van der Waals surface area contributed by atoms with E-state index in [-0.39, 0.29) is 10.6 Å². The zero-order chi connectivity index (χ0) is 16.8. The molecule has 0 saturated heterocycles. The van der Waals surface area contributed by atoms with E-state index in [9.17, 15) is 10.1 Å². The minimum Gasteiger partial charge on any atom is -0.328 e. The SMILES string of the molecule is CCC(C)CN(Cc1ccc([N+](=O)[O-])cc1)C1CCC(N)CC1. The second-order valence-electron chi connectivity index (χ2n) is 6.94. The molecule has 0 spiro atoms. The van der Waals surface area contributed by atoms with Crippen molar-refractivity contribution < 1.29 is 4.92 Å². The summed E-state index contributed by atoms with van der Waals surface area (Å²) in [6.07, 6.45) is 5.68. The molecular weight excluding hydrogens is 290 g/mol. The molecule has 0 aliphatic heterocycles. The lowest BCUT2D eigenvalue weighted by molar-refractivity contribution is -0.384. The molecule has 0 radical (unpaired) electrons. The highest BCUT2D eigenvalue weighted by Gasteiger charge is 2.25. The van der Waals surface area contributed by atoms with Crippen LogP contribution in [0, 0.1) is 16.0 Å². The number of rotatable bonds is 7. The van der Waals surface area contributed by atoms with Crippen molar-refractivity contribution in [2.45, 2.75) is 64.6 Å². The van der Waals surface area contributed by atoms with Gasteiger partial charge in [-0.3, -0.25) is 15.0 Å². The summed E-state index contributed by atoms with van der Waals surface area (Å²) in [5, 5.41) is 10.8. The Hall–Kier alpha value is -1.46. The summed E-state index contributed by atoms with van der Waals surface area (Å²) in [5.41, 5.74) is 7.34. The first kappa shape index (κ1) is 17.9. The van der Waals surface area contributed by atoms with Crippen LogP contribution in [0.4, 0.5) is 5.69 Å². The van der Waals surface area contributed by atoms with Gasteiger partial charge in [-0.15, -0.1) is 0 Å². The van der Waals surface area contributed by atoms with Crippen LogP contribution in [0.5, 0.6) is 0 Å². The van der Waals surface area contributed by atoms with Crippen molar-refractivity contribution in [1.29, 1.82) is 0 Å². The van der Waals surface area contributed by atoms with E-state index in [1.54, 1.807) is 12.1 Å². The number of non-ortho nitro benzene ring substituents is 1. The van der Waals surface area contributed by atoms with E-state index in [0.717, 1.165) is 44.3 Å². The molecule has 0 amide bonds. The lowest BCUT2D eigenvalue weighted by atomic mass is 9.90. The number of nitrogens with two attached hydrogens (primary N) is 1. The molecule has 5 heteroatoms. The fraction of sp³-hybridized carbons (Fsp3) is 0.667. The van der Waals surface area contributed by atoms with Gasteiger partial charge in [-0.25, -0.2) is 0 Å². The van der Waals surface area contributed by atoms with Crippen molar-refractivity contribution in [2.24, 2.45) is 11.7 Å². The number of nitro groups is 1. The second kappa shape index (κ2) is 8.41. The van der Waals surface area contributed by atoms with Crippen LogP contribution >= 0.6 is 0 Å². The number of nitrogens with zero attached hydrogens (tertiary/aromatic N) is 2. The Balaban J connectivity index is 2.05. The molecule has 1 unspecified atom stereocenters.